The van der Waals surface area contributed by atoms with Crippen LogP contribution in [0.1, 0.15) is 13.3 Å². The van der Waals surface area contributed by atoms with E-state index in [0.717, 1.165) is 12.2 Å². The van der Waals surface area contributed by atoms with Crippen molar-refractivity contribution in [1.82, 2.24) is 5.32 Å². The summed E-state index contributed by atoms with van der Waals surface area (Å²) in [6.07, 6.45) is 3.15. The molecule has 8 heavy (non-hydrogen) atoms. The summed E-state index contributed by atoms with van der Waals surface area (Å²) in [4.78, 5) is 0. The third-order valence-corrected chi connectivity index (χ3v) is 2.45. The summed E-state index contributed by atoms with van der Waals surface area (Å²) in [5, 5.41) is 3.33. The van der Waals surface area contributed by atoms with Crippen LogP contribution in [0.3, 0.4) is 0 Å². The van der Waals surface area contributed by atoms with Crippen molar-refractivity contribution in [3.63, 3.8) is 0 Å². The maximum absolute atomic E-state index is 3.62. The van der Waals surface area contributed by atoms with Crippen LogP contribution in [0.4, 0.5) is 0 Å². The van der Waals surface area contributed by atoms with Gasteiger partial charge in [-0.1, -0.05) is 13.0 Å². The average Bonchev–Trinajstić information content (AvgIpc) is 1.83. The monoisotopic (exact) mass is 129 g/mol. The third-order valence-electron chi connectivity index (χ3n) is 1.22. The molecule has 0 amide bonds. The standard InChI is InChI=1S/C6H15NSi/c1-3-5-7-6(8)4-2/h3,6-7H,1,4-5H2,2,8H3. The molecule has 0 aromatic rings. The Morgan fingerprint density at radius 3 is 2.88 bits per heavy atom. The van der Waals surface area contributed by atoms with E-state index < -0.39 is 0 Å². The second-order valence-corrected chi connectivity index (χ2v) is 3.40. The van der Waals surface area contributed by atoms with Gasteiger partial charge >= 0.3 is 0 Å². The summed E-state index contributed by atoms with van der Waals surface area (Å²) in [7, 11) is 1.25. The predicted molar refractivity (Wildman–Crippen MR) is 42.2 cm³/mol. The lowest BCUT2D eigenvalue weighted by molar-refractivity contribution is 0.670. The zero-order chi connectivity index (χ0) is 6.41. The van der Waals surface area contributed by atoms with Crippen LogP contribution in [0.15, 0.2) is 12.7 Å². The number of hydrogen-bond donors (Lipinski definition) is 1. The van der Waals surface area contributed by atoms with Gasteiger partial charge < -0.3 is 5.32 Å². The van der Waals surface area contributed by atoms with E-state index in [9.17, 15) is 0 Å². The van der Waals surface area contributed by atoms with Crippen molar-refractivity contribution in [2.75, 3.05) is 6.54 Å². The Labute approximate surface area is 54.6 Å². The first-order valence-electron chi connectivity index (χ1n) is 3.15. The van der Waals surface area contributed by atoms with Crippen molar-refractivity contribution in [3.8, 4) is 0 Å². The van der Waals surface area contributed by atoms with Crippen LogP contribution >= 0.6 is 0 Å². The summed E-state index contributed by atoms with van der Waals surface area (Å²) in [5.41, 5.74) is 0.771. The van der Waals surface area contributed by atoms with E-state index in [1.807, 2.05) is 6.08 Å². The largest absolute Gasteiger partial charge is 0.314 e. The minimum Gasteiger partial charge on any atom is -0.314 e. The molecule has 0 aliphatic heterocycles. The van der Waals surface area contributed by atoms with Gasteiger partial charge in [-0.2, -0.15) is 0 Å². The molecular weight excluding hydrogens is 114 g/mol. The molecule has 0 aromatic carbocycles. The van der Waals surface area contributed by atoms with Crippen LogP contribution in [-0.4, -0.2) is 22.5 Å². The van der Waals surface area contributed by atoms with Gasteiger partial charge in [0.05, 0.1) is 0 Å². The molecule has 1 nitrogen and oxygen atoms in total. The van der Waals surface area contributed by atoms with Gasteiger partial charge in [0.25, 0.3) is 0 Å². The fourth-order valence-electron chi connectivity index (χ4n) is 0.429. The van der Waals surface area contributed by atoms with Crippen molar-refractivity contribution in [1.29, 1.82) is 0 Å². The van der Waals surface area contributed by atoms with E-state index in [1.54, 1.807) is 0 Å². The van der Waals surface area contributed by atoms with E-state index in [0.29, 0.717) is 0 Å². The van der Waals surface area contributed by atoms with Crippen LogP contribution in [0.5, 0.6) is 0 Å². The Hall–Kier alpha value is -0.0831. The second-order valence-electron chi connectivity index (χ2n) is 2.01. The summed E-state index contributed by atoms with van der Waals surface area (Å²) in [6, 6.07) is 0. The Bertz CT molecular complexity index is 63.5. The number of rotatable bonds is 4. The van der Waals surface area contributed by atoms with Crippen molar-refractivity contribution in [2.45, 2.75) is 19.0 Å². The highest BCUT2D eigenvalue weighted by molar-refractivity contribution is 6.11. The highest BCUT2D eigenvalue weighted by Crippen LogP contribution is 1.80. The van der Waals surface area contributed by atoms with Gasteiger partial charge in [-0.15, -0.1) is 6.58 Å². The molecule has 48 valence electrons. The van der Waals surface area contributed by atoms with Crippen molar-refractivity contribution in [3.05, 3.63) is 12.7 Å². The van der Waals surface area contributed by atoms with Crippen molar-refractivity contribution >= 4 is 10.2 Å². The molecule has 0 aromatic heterocycles. The molecule has 0 aliphatic rings. The molecule has 0 bridgehead atoms. The average molecular weight is 129 g/mol. The number of hydrogen-bond acceptors (Lipinski definition) is 1. The molecule has 1 unspecified atom stereocenters. The molecule has 1 N–H and O–H groups in total. The first-order valence-corrected chi connectivity index (χ1v) is 4.31. The first-order chi connectivity index (χ1) is 3.81. The Morgan fingerprint density at radius 2 is 2.50 bits per heavy atom. The smallest absolute Gasteiger partial charge is 0.0241 e. The molecule has 0 fully saturated rings. The quantitative estimate of drug-likeness (QED) is 0.412. The van der Waals surface area contributed by atoms with Crippen LogP contribution in [-0.2, 0) is 0 Å². The minimum absolute atomic E-state index is 0.771. The molecule has 2 heteroatoms. The van der Waals surface area contributed by atoms with E-state index in [2.05, 4.69) is 18.8 Å². The van der Waals surface area contributed by atoms with Crippen molar-refractivity contribution < 1.29 is 0 Å². The molecule has 0 spiro atoms. The summed E-state index contributed by atoms with van der Waals surface area (Å²) >= 11 is 0. The van der Waals surface area contributed by atoms with Gasteiger partial charge in [-0.3, -0.25) is 0 Å². The van der Waals surface area contributed by atoms with Gasteiger partial charge in [0.1, 0.15) is 0 Å². The summed E-state index contributed by atoms with van der Waals surface area (Å²) in [6.45, 7) is 6.78. The lowest BCUT2D eigenvalue weighted by Gasteiger charge is -2.06. The normalized spacial score (nSPS) is 13.6. The van der Waals surface area contributed by atoms with Crippen LogP contribution in [0.2, 0.25) is 0 Å². The topological polar surface area (TPSA) is 12.0 Å². The zero-order valence-corrected chi connectivity index (χ0v) is 7.78. The van der Waals surface area contributed by atoms with E-state index in [1.165, 1.54) is 16.7 Å². The maximum Gasteiger partial charge on any atom is 0.0241 e. The first kappa shape index (κ1) is 7.92. The van der Waals surface area contributed by atoms with Gasteiger partial charge in [0.15, 0.2) is 0 Å². The number of nitrogens with one attached hydrogen (secondary N) is 1. The third kappa shape index (κ3) is 4.09. The Balaban J connectivity index is 2.97. The molecular formula is C6H15NSi. The fraction of sp³-hybridized carbons (Fsp3) is 0.667. The van der Waals surface area contributed by atoms with Gasteiger partial charge in [0, 0.05) is 16.8 Å². The highest BCUT2D eigenvalue weighted by Gasteiger charge is 1.91. The lowest BCUT2D eigenvalue weighted by atomic mass is 10.4. The van der Waals surface area contributed by atoms with Gasteiger partial charge in [-0.25, -0.2) is 0 Å². The van der Waals surface area contributed by atoms with Gasteiger partial charge in [0.2, 0.25) is 0 Å². The van der Waals surface area contributed by atoms with E-state index in [-0.39, 0.29) is 0 Å². The molecule has 0 saturated carbocycles. The second kappa shape index (κ2) is 5.06. The molecule has 0 aliphatic carbocycles. The van der Waals surface area contributed by atoms with E-state index in [4.69, 9.17) is 0 Å². The van der Waals surface area contributed by atoms with E-state index >= 15 is 0 Å². The maximum atomic E-state index is 3.62. The molecule has 0 rings (SSSR count). The van der Waals surface area contributed by atoms with Crippen LogP contribution < -0.4 is 5.32 Å². The highest BCUT2D eigenvalue weighted by atomic mass is 28.1. The molecule has 0 saturated heterocycles. The van der Waals surface area contributed by atoms with Crippen molar-refractivity contribution in [2.24, 2.45) is 0 Å². The van der Waals surface area contributed by atoms with Gasteiger partial charge in [-0.05, 0) is 12.1 Å². The molecule has 0 radical (unpaired) electrons. The Kier molecular flexibility index (Phi) is 5.01. The summed E-state index contributed by atoms with van der Waals surface area (Å²) < 4.78 is 0. The van der Waals surface area contributed by atoms with Crippen LogP contribution in [0, 0.1) is 0 Å². The molecule has 1 atom stereocenters. The Morgan fingerprint density at radius 1 is 1.88 bits per heavy atom. The zero-order valence-electron chi connectivity index (χ0n) is 5.78. The predicted octanol–water partition coefficient (Wildman–Crippen LogP) is -0.137. The minimum atomic E-state index is 0.771. The van der Waals surface area contributed by atoms with Crippen LogP contribution in [0.25, 0.3) is 0 Å². The molecule has 0 heterocycles. The fourth-order valence-corrected chi connectivity index (χ4v) is 0.665. The SMILES string of the molecule is C=CCNC([SiH3])CC. The lowest BCUT2D eigenvalue weighted by Crippen LogP contribution is -2.28. The summed E-state index contributed by atoms with van der Waals surface area (Å²) in [5.74, 6) is 0.